The fourth-order valence-corrected chi connectivity index (χ4v) is 2.53. The molecular weight excluding hydrogens is 168 g/mol. The minimum atomic E-state index is -0.716. The molecule has 0 radical (unpaired) electrons. The van der Waals surface area contributed by atoms with E-state index in [1.165, 1.54) is 6.26 Å². The third kappa shape index (κ3) is 1.27. The fraction of sp³-hybridized carbons (Fsp3) is 0.700. The molecule has 2 aliphatic rings. The smallest absolute Gasteiger partial charge is 0.200 e. The summed E-state index contributed by atoms with van der Waals surface area (Å²) in [5.41, 5.74) is 0.708. The lowest BCUT2D eigenvalue weighted by Crippen LogP contribution is -2.33. The van der Waals surface area contributed by atoms with E-state index in [0.29, 0.717) is 11.5 Å². The predicted octanol–water partition coefficient (Wildman–Crippen LogP) is 1.08. The Labute approximate surface area is 77.4 Å². The molecular formula is C10H14O3. The molecule has 3 nitrogen and oxygen atoms in total. The zero-order valence-electron chi connectivity index (χ0n) is 7.64. The van der Waals surface area contributed by atoms with Gasteiger partial charge in [0.2, 0.25) is 0 Å². The molecule has 1 aliphatic carbocycles. The van der Waals surface area contributed by atoms with E-state index in [0.717, 1.165) is 19.1 Å². The van der Waals surface area contributed by atoms with Crippen LogP contribution in [0.5, 0.6) is 0 Å². The van der Waals surface area contributed by atoms with E-state index in [1.807, 2.05) is 0 Å². The maximum Gasteiger partial charge on any atom is 0.200 e. The van der Waals surface area contributed by atoms with Crippen LogP contribution in [0.2, 0.25) is 0 Å². The lowest BCUT2D eigenvalue weighted by atomic mass is 9.84. The van der Waals surface area contributed by atoms with Crippen LogP contribution >= 0.6 is 0 Å². The Morgan fingerprint density at radius 1 is 1.62 bits per heavy atom. The lowest BCUT2D eigenvalue weighted by Gasteiger charge is -2.31. The molecule has 2 rings (SSSR count). The van der Waals surface area contributed by atoms with E-state index in [-0.39, 0.29) is 11.8 Å². The summed E-state index contributed by atoms with van der Waals surface area (Å²) < 4.78 is 5.03. The number of hydrogen-bond acceptors (Lipinski definition) is 3. The van der Waals surface area contributed by atoms with Crippen LogP contribution in [0.25, 0.3) is 0 Å². The summed E-state index contributed by atoms with van der Waals surface area (Å²) in [6.07, 6.45) is 3.61. The second kappa shape index (κ2) is 3.14. The Balaban J connectivity index is 2.26. The SMILES string of the molecule is C[C@@H]1CC[C@@H]2C(C=O)=CO[C@H](O)[C@H]12. The molecule has 13 heavy (non-hydrogen) atoms. The van der Waals surface area contributed by atoms with Crippen molar-refractivity contribution >= 4 is 6.29 Å². The maximum absolute atomic E-state index is 10.7. The predicted molar refractivity (Wildman–Crippen MR) is 46.6 cm³/mol. The number of allylic oxidation sites excluding steroid dienone is 1. The van der Waals surface area contributed by atoms with Crippen LogP contribution in [0, 0.1) is 17.8 Å². The van der Waals surface area contributed by atoms with Crippen LogP contribution in [0.15, 0.2) is 11.8 Å². The first-order chi connectivity index (χ1) is 6.24. The highest BCUT2D eigenvalue weighted by Gasteiger charge is 2.43. The number of aliphatic hydroxyl groups excluding tert-OH is 1. The summed E-state index contributed by atoms with van der Waals surface area (Å²) in [4.78, 5) is 10.7. The summed E-state index contributed by atoms with van der Waals surface area (Å²) in [5, 5.41) is 9.58. The number of carbonyl (C=O) groups is 1. The average Bonchev–Trinajstić information content (AvgIpc) is 2.50. The molecule has 1 aliphatic heterocycles. The lowest BCUT2D eigenvalue weighted by molar-refractivity contribution is -0.125. The molecule has 72 valence electrons. The van der Waals surface area contributed by atoms with Gasteiger partial charge in [-0.25, -0.2) is 0 Å². The van der Waals surface area contributed by atoms with Crippen molar-refractivity contribution in [2.24, 2.45) is 17.8 Å². The van der Waals surface area contributed by atoms with Gasteiger partial charge in [0.25, 0.3) is 0 Å². The molecule has 0 bridgehead atoms. The van der Waals surface area contributed by atoms with Crippen LogP contribution in [0.1, 0.15) is 19.8 Å². The molecule has 0 spiro atoms. The Morgan fingerprint density at radius 2 is 2.38 bits per heavy atom. The van der Waals surface area contributed by atoms with Crippen LogP contribution in [0.3, 0.4) is 0 Å². The molecule has 4 atom stereocenters. The maximum atomic E-state index is 10.7. The van der Waals surface area contributed by atoms with Gasteiger partial charge in [-0.05, 0) is 24.7 Å². The first kappa shape index (κ1) is 8.75. The van der Waals surface area contributed by atoms with Crippen molar-refractivity contribution in [1.29, 1.82) is 0 Å². The van der Waals surface area contributed by atoms with Gasteiger partial charge in [-0.15, -0.1) is 0 Å². The molecule has 0 aromatic heterocycles. The summed E-state index contributed by atoms with van der Waals surface area (Å²) in [6.45, 7) is 2.10. The number of aliphatic hydroxyl groups is 1. The molecule has 1 fully saturated rings. The number of hydrogen-bond donors (Lipinski definition) is 1. The summed E-state index contributed by atoms with van der Waals surface area (Å²) in [7, 11) is 0. The summed E-state index contributed by atoms with van der Waals surface area (Å²) >= 11 is 0. The molecule has 0 unspecified atom stereocenters. The van der Waals surface area contributed by atoms with Crippen molar-refractivity contribution in [3.05, 3.63) is 11.8 Å². The third-order valence-electron chi connectivity index (χ3n) is 3.29. The van der Waals surface area contributed by atoms with Gasteiger partial charge < -0.3 is 9.84 Å². The van der Waals surface area contributed by atoms with Crippen molar-refractivity contribution in [3.63, 3.8) is 0 Å². The third-order valence-corrected chi connectivity index (χ3v) is 3.29. The largest absolute Gasteiger partial charge is 0.472 e. The summed E-state index contributed by atoms with van der Waals surface area (Å²) in [5.74, 6) is 0.782. The summed E-state index contributed by atoms with van der Waals surface area (Å²) in [6, 6.07) is 0. The van der Waals surface area contributed by atoms with Crippen molar-refractivity contribution in [1.82, 2.24) is 0 Å². The zero-order valence-corrected chi connectivity index (χ0v) is 7.64. The van der Waals surface area contributed by atoms with Crippen molar-refractivity contribution in [2.45, 2.75) is 26.1 Å². The number of aldehydes is 1. The second-order valence-corrected chi connectivity index (χ2v) is 4.00. The number of carbonyl (C=O) groups excluding carboxylic acids is 1. The van der Waals surface area contributed by atoms with Gasteiger partial charge >= 0.3 is 0 Å². The van der Waals surface area contributed by atoms with Crippen LogP contribution in [-0.2, 0) is 9.53 Å². The van der Waals surface area contributed by atoms with Crippen molar-refractivity contribution in [3.8, 4) is 0 Å². The topological polar surface area (TPSA) is 46.5 Å². The first-order valence-corrected chi connectivity index (χ1v) is 4.73. The highest BCUT2D eigenvalue weighted by molar-refractivity contribution is 5.74. The minimum Gasteiger partial charge on any atom is -0.472 e. The molecule has 3 heteroatoms. The van der Waals surface area contributed by atoms with E-state index in [1.54, 1.807) is 0 Å². The fourth-order valence-electron chi connectivity index (χ4n) is 2.53. The number of ether oxygens (including phenoxy) is 1. The molecule has 1 heterocycles. The van der Waals surface area contributed by atoms with E-state index in [4.69, 9.17) is 4.74 Å². The highest BCUT2D eigenvalue weighted by atomic mass is 16.6. The van der Waals surface area contributed by atoms with Crippen molar-refractivity contribution < 1.29 is 14.6 Å². The Bertz CT molecular complexity index is 247. The van der Waals surface area contributed by atoms with Gasteiger partial charge in [0.1, 0.15) is 6.29 Å². The number of fused-ring (bicyclic) bond motifs is 1. The highest BCUT2D eigenvalue weighted by Crippen LogP contribution is 2.44. The minimum absolute atomic E-state index is 0.116. The van der Waals surface area contributed by atoms with E-state index < -0.39 is 6.29 Å². The normalized spacial score (nSPS) is 43.4. The van der Waals surface area contributed by atoms with Gasteiger partial charge in [-0.1, -0.05) is 6.92 Å². The van der Waals surface area contributed by atoms with Gasteiger partial charge in [0, 0.05) is 11.5 Å². The molecule has 0 aromatic rings. The van der Waals surface area contributed by atoms with E-state index in [2.05, 4.69) is 6.92 Å². The Morgan fingerprint density at radius 3 is 3.08 bits per heavy atom. The molecule has 0 amide bonds. The monoisotopic (exact) mass is 182 g/mol. The zero-order chi connectivity index (χ0) is 9.42. The molecule has 1 N–H and O–H groups in total. The first-order valence-electron chi connectivity index (χ1n) is 4.73. The molecule has 0 saturated heterocycles. The van der Waals surface area contributed by atoms with E-state index in [9.17, 15) is 9.90 Å². The van der Waals surface area contributed by atoms with Crippen LogP contribution in [-0.4, -0.2) is 17.7 Å². The van der Waals surface area contributed by atoms with Crippen LogP contribution in [0.4, 0.5) is 0 Å². The molecule has 1 saturated carbocycles. The van der Waals surface area contributed by atoms with Gasteiger partial charge in [0.05, 0.1) is 6.26 Å². The second-order valence-electron chi connectivity index (χ2n) is 4.00. The standard InChI is InChI=1S/C10H14O3/c1-6-2-3-8-7(4-11)5-13-10(12)9(6)8/h4-6,8-10,12H,2-3H2,1H3/t6-,8-,9-,10+/m1/s1. The Hall–Kier alpha value is -0.830. The average molecular weight is 182 g/mol. The quantitative estimate of drug-likeness (QED) is 0.617. The number of rotatable bonds is 1. The Kier molecular flexibility index (Phi) is 2.12. The van der Waals surface area contributed by atoms with Gasteiger partial charge in [-0.3, -0.25) is 4.79 Å². The molecule has 0 aromatic carbocycles. The van der Waals surface area contributed by atoms with E-state index >= 15 is 0 Å². The van der Waals surface area contributed by atoms with Gasteiger partial charge in [-0.2, -0.15) is 0 Å². The van der Waals surface area contributed by atoms with Gasteiger partial charge in [0.15, 0.2) is 6.29 Å². The van der Waals surface area contributed by atoms with Crippen molar-refractivity contribution in [2.75, 3.05) is 0 Å². The van der Waals surface area contributed by atoms with Crippen LogP contribution < -0.4 is 0 Å².